The number of rotatable bonds is 5. The van der Waals surface area contributed by atoms with Crippen molar-refractivity contribution in [3.63, 3.8) is 0 Å². The number of hydrogen-bond donors (Lipinski definition) is 1. The van der Waals surface area contributed by atoms with Crippen LogP contribution in [0.4, 0.5) is 0 Å². The van der Waals surface area contributed by atoms with Gasteiger partial charge in [-0.3, -0.25) is 14.8 Å². The molecule has 0 saturated heterocycles. The monoisotopic (exact) mass is 413 g/mol. The molecular weight excluding hydrogens is 393 g/mol. The summed E-state index contributed by atoms with van der Waals surface area (Å²) in [5.41, 5.74) is 13.1. The van der Waals surface area contributed by atoms with Crippen molar-refractivity contribution in [2.24, 2.45) is 5.73 Å². The lowest BCUT2D eigenvalue weighted by molar-refractivity contribution is -0.117. The summed E-state index contributed by atoms with van der Waals surface area (Å²) in [6.45, 7) is 0. The van der Waals surface area contributed by atoms with Crippen LogP contribution in [0.15, 0.2) is 48.8 Å². The first-order valence-corrected chi connectivity index (χ1v) is 9.45. The van der Waals surface area contributed by atoms with Gasteiger partial charge in [0.25, 0.3) is 0 Å². The first-order valence-electron chi connectivity index (χ1n) is 9.07. The molecule has 0 bridgehead atoms. The Morgan fingerprint density at radius 3 is 2.54 bits per heavy atom. The molecule has 4 nitrogen and oxygen atoms in total. The summed E-state index contributed by atoms with van der Waals surface area (Å²) >= 11 is 6.11. The average Bonchev–Trinajstić information content (AvgIpc) is 3.12. The standard InChI is InChI=1S/C22H20ClN3O.ClH/c23-18-10-17(12-25-13-18)21-11-16(19-2-1-3-20(19)26-21)8-14-4-6-15(7-5-14)9-22(24)27;/h4-7,10-13H,1-3,8-9H2,(H2,24,27);1H. The Balaban J connectivity index is 0.00000225. The van der Waals surface area contributed by atoms with Crippen LogP contribution in [-0.2, 0) is 30.5 Å². The van der Waals surface area contributed by atoms with E-state index in [1.54, 1.807) is 12.4 Å². The van der Waals surface area contributed by atoms with Gasteiger partial charge in [0, 0.05) is 23.7 Å². The predicted molar refractivity (Wildman–Crippen MR) is 114 cm³/mol. The van der Waals surface area contributed by atoms with Gasteiger partial charge in [-0.2, -0.15) is 0 Å². The van der Waals surface area contributed by atoms with E-state index in [4.69, 9.17) is 22.3 Å². The summed E-state index contributed by atoms with van der Waals surface area (Å²) in [5, 5.41) is 0.612. The van der Waals surface area contributed by atoms with E-state index in [1.165, 1.54) is 22.4 Å². The number of halogens is 2. The highest BCUT2D eigenvalue weighted by Crippen LogP contribution is 2.30. The third kappa shape index (κ3) is 4.51. The molecule has 4 rings (SSSR count). The molecular formula is C22H21Cl2N3O. The SMILES string of the molecule is Cl.NC(=O)Cc1ccc(Cc2cc(-c3cncc(Cl)c3)nc3c2CCC3)cc1. The lowest BCUT2D eigenvalue weighted by atomic mass is 9.96. The van der Waals surface area contributed by atoms with Gasteiger partial charge in [0.1, 0.15) is 0 Å². The molecule has 0 aliphatic heterocycles. The molecule has 1 amide bonds. The Morgan fingerprint density at radius 2 is 1.82 bits per heavy atom. The van der Waals surface area contributed by atoms with Gasteiger partial charge >= 0.3 is 0 Å². The molecule has 6 heteroatoms. The Hall–Kier alpha value is -2.43. The summed E-state index contributed by atoms with van der Waals surface area (Å²) in [6, 6.07) is 12.2. The topological polar surface area (TPSA) is 68.9 Å². The van der Waals surface area contributed by atoms with Crippen LogP contribution in [0.2, 0.25) is 5.02 Å². The van der Waals surface area contributed by atoms with E-state index in [0.717, 1.165) is 42.5 Å². The van der Waals surface area contributed by atoms with Gasteiger partial charge in [-0.1, -0.05) is 35.9 Å². The zero-order valence-electron chi connectivity index (χ0n) is 15.3. The predicted octanol–water partition coefficient (Wildman–Crippen LogP) is 4.33. The number of nitrogens with two attached hydrogens (primary N) is 1. The minimum absolute atomic E-state index is 0. The van der Waals surface area contributed by atoms with Gasteiger partial charge in [-0.25, -0.2) is 0 Å². The van der Waals surface area contributed by atoms with E-state index in [0.29, 0.717) is 5.02 Å². The number of carbonyl (C=O) groups excluding carboxylic acids is 1. The van der Waals surface area contributed by atoms with E-state index >= 15 is 0 Å². The fraction of sp³-hybridized carbons (Fsp3) is 0.227. The molecule has 1 aliphatic rings. The number of benzene rings is 1. The molecule has 2 N–H and O–H groups in total. The number of amides is 1. The van der Waals surface area contributed by atoms with Crippen molar-refractivity contribution in [2.75, 3.05) is 0 Å². The molecule has 0 spiro atoms. The second-order valence-corrected chi connectivity index (χ2v) is 7.41. The van der Waals surface area contributed by atoms with Crippen LogP contribution in [0.1, 0.15) is 34.4 Å². The molecule has 2 heterocycles. The number of carbonyl (C=O) groups is 1. The maximum atomic E-state index is 11.1. The smallest absolute Gasteiger partial charge is 0.221 e. The van der Waals surface area contributed by atoms with Crippen LogP contribution in [-0.4, -0.2) is 15.9 Å². The largest absolute Gasteiger partial charge is 0.369 e. The zero-order chi connectivity index (χ0) is 18.8. The first-order chi connectivity index (χ1) is 13.1. The first kappa shape index (κ1) is 20.3. The fourth-order valence-electron chi connectivity index (χ4n) is 3.68. The zero-order valence-corrected chi connectivity index (χ0v) is 16.9. The van der Waals surface area contributed by atoms with E-state index in [9.17, 15) is 4.79 Å². The number of fused-ring (bicyclic) bond motifs is 1. The van der Waals surface area contributed by atoms with Crippen molar-refractivity contribution in [1.29, 1.82) is 0 Å². The third-order valence-corrected chi connectivity index (χ3v) is 5.15. The summed E-state index contributed by atoms with van der Waals surface area (Å²) in [6.07, 6.45) is 7.78. The molecule has 0 atom stereocenters. The van der Waals surface area contributed by atoms with Crippen LogP contribution < -0.4 is 5.73 Å². The molecule has 3 aromatic rings. The number of hydrogen-bond acceptors (Lipinski definition) is 3. The van der Waals surface area contributed by atoms with Crippen molar-refractivity contribution >= 4 is 29.9 Å². The van der Waals surface area contributed by atoms with Crippen LogP contribution in [0.5, 0.6) is 0 Å². The highest BCUT2D eigenvalue weighted by Gasteiger charge is 2.19. The highest BCUT2D eigenvalue weighted by atomic mass is 35.5. The third-order valence-electron chi connectivity index (χ3n) is 4.94. The van der Waals surface area contributed by atoms with Crippen molar-refractivity contribution in [3.8, 4) is 11.3 Å². The maximum Gasteiger partial charge on any atom is 0.221 e. The number of nitrogens with zero attached hydrogens (tertiary/aromatic N) is 2. The Kier molecular flexibility index (Phi) is 6.32. The normalized spacial score (nSPS) is 12.3. The molecule has 2 aromatic heterocycles. The minimum Gasteiger partial charge on any atom is -0.369 e. The molecule has 28 heavy (non-hydrogen) atoms. The molecule has 0 unspecified atom stereocenters. The molecule has 1 aliphatic carbocycles. The quantitative estimate of drug-likeness (QED) is 0.676. The van der Waals surface area contributed by atoms with Crippen molar-refractivity contribution in [2.45, 2.75) is 32.1 Å². The maximum absolute atomic E-state index is 11.1. The molecule has 144 valence electrons. The van der Waals surface area contributed by atoms with Gasteiger partial charge in [-0.05, 0) is 60.1 Å². The summed E-state index contributed by atoms with van der Waals surface area (Å²) < 4.78 is 0. The Morgan fingerprint density at radius 1 is 1.07 bits per heavy atom. The van der Waals surface area contributed by atoms with Crippen molar-refractivity contribution < 1.29 is 4.79 Å². The van der Waals surface area contributed by atoms with Crippen LogP contribution in [0, 0.1) is 0 Å². The highest BCUT2D eigenvalue weighted by molar-refractivity contribution is 6.30. The molecule has 1 aromatic carbocycles. The molecule has 0 saturated carbocycles. The van der Waals surface area contributed by atoms with Gasteiger partial charge in [-0.15, -0.1) is 12.4 Å². The number of aryl methyl sites for hydroxylation is 1. The van der Waals surface area contributed by atoms with Crippen LogP contribution >= 0.6 is 24.0 Å². The number of primary amides is 1. The molecule has 0 fully saturated rings. The lowest BCUT2D eigenvalue weighted by Crippen LogP contribution is -2.13. The lowest BCUT2D eigenvalue weighted by Gasteiger charge is -2.12. The average molecular weight is 414 g/mol. The fourth-order valence-corrected chi connectivity index (χ4v) is 3.85. The van der Waals surface area contributed by atoms with E-state index < -0.39 is 0 Å². The van der Waals surface area contributed by atoms with Crippen molar-refractivity contribution in [3.05, 3.63) is 81.8 Å². The summed E-state index contributed by atoms with van der Waals surface area (Å²) in [7, 11) is 0. The number of aromatic nitrogens is 2. The van der Waals surface area contributed by atoms with Gasteiger partial charge in [0.2, 0.25) is 5.91 Å². The minimum atomic E-state index is -0.311. The van der Waals surface area contributed by atoms with Gasteiger partial charge in [0.05, 0.1) is 17.1 Å². The van der Waals surface area contributed by atoms with Gasteiger partial charge in [0.15, 0.2) is 0 Å². The number of pyridine rings is 2. The summed E-state index contributed by atoms with van der Waals surface area (Å²) in [5.74, 6) is -0.311. The van der Waals surface area contributed by atoms with Crippen molar-refractivity contribution in [1.82, 2.24) is 9.97 Å². The van der Waals surface area contributed by atoms with Crippen LogP contribution in [0.3, 0.4) is 0 Å². The Labute approximate surface area is 175 Å². The molecule has 0 radical (unpaired) electrons. The van der Waals surface area contributed by atoms with Gasteiger partial charge < -0.3 is 5.73 Å². The Bertz CT molecular complexity index is 1000. The second kappa shape index (κ2) is 8.72. The summed E-state index contributed by atoms with van der Waals surface area (Å²) in [4.78, 5) is 20.1. The van der Waals surface area contributed by atoms with Crippen LogP contribution in [0.25, 0.3) is 11.3 Å². The van der Waals surface area contributed by atoms with E-state index in [-0.39, 0.29) is 24.7 Å². The van der Waals surface area contributed by atoms with E-state index in [2.05, 4.69) is 23.2 Å². The van der Waals surface area contributed by atoms with E-state index in [1.807, 2.05) is 18.2 Å². The second-order valence-electron chi connectivity index (χ2n) is 6.97.